The number of carboxylic acid groups (broad SMARTS) is 1. The number of thioether (sulfide) groups is 1. The Kier molecular flexibility index (Phi) is 8.55. The second-order valence-electron chi connectivity index (χ2n) is 5.79. The zero-order chi connectivity index (χ0) is 22.3. The van der Waals surface area contributed by atoms with E-state index in [1.807, 2.05) is 13.8 Å². The molecule has 0 radical (unpaired) electrons. The first-order chi connectivity index (χ1) is 14.4. The standard InChI is InChI=1S/C20H24N2O6S2/c1-6-15-16(19(24)25)12(20(30-15)29-7-2)10-21-22-18(23)11-8-13(26-3)17(28-5)14(9-11)27-4/h8-10H,6-7H2,1-5H3,(H,22,23)(H,24,25)/p-1. The van der Waals surface area contributed by atoms with Crippen LogP contribution in [0.1, 0.15) is 45.0 Å². The van der Waals surface area contributed by atoms with Crippen molar-refractivity contribution >= 4 is 41.2 Å². The van der Waals surface area contributed by atoms with Gasteiger partial charge in [0, 0.05) is 21.6 Å². The van der Waals surface area contributed by atoms with Crippen molar-refractivity contribution in [1.82, 2.24) is 5.43 Å². The Hall–Kier alpha value is -2.72. The molecule has 0 saturated carbocycles. The van der Waals surface area contributed by atoms with Crippen LogP contribution in [0.15, 0.2) is 21.4 Å². The van der Waals surface area contributed by atoms with E-state index in [1.165, 1.54) is 62.8 Å². The van der Waals surface area contributed by atoms with E-state index >= 15 is 0 Å². The summed E-state index contributed by atoms with van der Waals surface area (Å²) in [5, 5.41) is 15.6. The van der Waals surface area contributed by atoms with Crippen LogP contribution in [-0.4, -0.2) is 45.2 Å². The molecular weight excluding hydrogens is 428 g/mol. The highest BCUT2D eigenvalue weighted by atomic mass is 32.2. The summed E-state index contributed by atoms with van der Waals surface area (Å²) in [6.45, 7) is 3.85. The van der Waals surface area contributed by atoms with Crippen molar-refractivity contribution in [2.75, 3.05) is 27.1 Å². The van der Waals surface area contributed by atoms with Gasteiger partial charge < -0.3 is 24.1 Å². The molecule has 8 nitrogen and oxygen atoms in total. The molecule has 1 amide bonds. The number of nitrogens with one attached hydrogen (secondary N) is 1. The summed E-state index contributed by atoms with van der Waals surface area (Å²) >= 11 is 2.91. The summed E-state index contributed by atoms with van der Waals surface area (Å²) in [5.41, 5.74) is 3.21. The monoisotopic (exact) mass is 451 g/mol. The number of hydrogen-bond acceptors (Lipinski definition) is 9. The number of carbonyl (C=O) groups excluding carboxylic acids is 2. The first-order valence-corrected chi connectivity index (χ1v) is 10.8. The van der Waals surface area contributed by atoms with Crippen LogP contribution in [0, 0.1) is 0 Å². The smallest absolute Gasteiger partial charge is 0.271 e. The highest BCUT2D eigenvalue weighted by molar-refractivity contribution is 8.01. The van der Waals surface area contributed by atoms with E-state index in [2.05, 4.69) is 10.5 Å². The summed E-state index contributed by atoms with van der Waals surface area (Å²) < 4.78 is 16.6. The number of carbonyl (C=O) groups is 2. The summed E-state index contributed by atoms with van der Waals surface area (Å²) in [5.74, 6) is 0.0220. The van der Waals surface area contributed by atoms with Gasteiger partial charge in [-0.1, -0.05) is 13.8 Å². The van der Waals surface area contributed by atoms with E-state index in [1.54, 1.807) is 0 Å². The molecule has 0 aliphatic heterocycles. The first kappa shape index (κ1) is 23.6. The zero-order valence-corrected chi connectivity index (χ0v) is 19.0. The van der Waals surface area contributed by atoms with Gasteiger partial charge in [0.2, 0.25) is 5.75 Å². The molecule has 0 unspecified atom stereocenters. The Morgan fingerprint density at radius 1 is 1.17 bits per heavy atom. The third-order valence-corrected chi connectivity index (χ3v) is 6.59. The van der Waals surface area contributed by atoms with Crippen molar-refractivity contribution in [2.24, 2.45) is 5.10 Å². The van der Waals surface area contributed by atoms with Crippen LogP contribution >= 0.6 is 23.1 Å². The molecular formula is C20H23N2O6S2-. The van der Waals surface area contributed by atoms with Crippen LogP contribution in [0.5, 0.6) is 17.2 Å². The van der Waals surface area contributed by atoms with Gasteiger partial charge in [-0.05, 0) is 24.3 Å². The molecule has 10 heteroatoms. The molecule has 0 aliphatic rings. The first-order valence-electron chi connectivity index (χ1n) is 9.04. The van der Waals surface area contributed by atoms with Gasteiger partial charge in [-0.3, -0.25) is 4.79 Å². The molecule has 0 saturated heterocycles. The summed E-state index contributed by atoms with van der Waals surface area (Å²) in [6, 6.07) is 2.99. The van der Waals surface area contributed by atoms with Gasteiger partial charge in [0.25, 0.3) is 5.91 Å². The minimum Gasteiger partial charge on any atom is -0.545 e. The Morgan fingerprint density at radius 2 is 1.80 bits per heavy atom. The number of benzene rings is 1. The number of nitrogens with zero attached hydrogens (tertiary/aromatic N) is 1. The average molecular weight is 452 g/mol. The number of ether oxygens (including phenoxy) is 3. The van der Waals surface area contributed by atoms with Gasteiger partial charge in [-0.25, -0.2) is 5.43 Å². The fourth-order valence-electron chi connectivity index (χ4n) is 2.73. The van der Waals surface area contributed by atoms with E-state index in [-0.39, 0.29) is 11.1 Å². The molecule has 1 aromatic carbocycles. The van der Waals surface area contributed by atoms with E-state index in [9.17, 15) is 14.7 Å². The second-order valence-corrected chi connectivity index (χ2v) is 8.43. The molecule has 2 aromatic rings. The SMILES string of the molecule is CCSc1sc(CC)c(C(=O)[O-])c1C=NNC(=O)c1cc(OC)c(OC)c(OC)c1. The maximum atomic E-state index is 12.6. The fraction of sp³-hybridized carbons (Fsp3) is 0.350. The summed E-state index contributed by atoms with van der Waals surface area (Å²) in [7, 11) is 4.37. The predicted molar refractivity (Wildman–Crippen MR) is 116 cm³/mol. The fourth-order valence-corrected chi connectivity index (χ4v) is 5.12. The van der Waals surface area contributed by atoms with Crippen molar-refractivity contribution in [2.45, 2.75) is 24.5 Å². The van der Waals surface area contributed by atoms with Crippen molar-refractivity contribution in [1.29, 1.82) is 0 Å². The minimum absolute atomic E-state index is 0.115. The van der Waals surface area contributed by atoms with E-state index in [0.717, 1.165) is 9.96 Å². The van der Waals surface area contributed by atoms with Crippen molar-refractivity contribution < 1.29 is 28.9 Å². The molecule has 1 N–H and O–H groups in total. The van der Waals surface area contributed by atoms with Crippen LogP contribution in [-0.2, 0) is 6.42 Å². The van der Waals surface area contributed by atoms with E-state index in [4.69, 9.17) is 14.2 Å². The Balaban J connectivity index is 2.32. The van der Waals surface area contributed by atoms with Gasteiger partial charge in [-0.15, -0.1) is 23.1 Å². The van der Waals surface area contributed by atoms with E-state index < -0.39 is 11.9 Å². The lowest BCUT2D eigenvalue weighted by Crippen LogP contribution is -2.24. The summed E-state index contributed by atoms with van der Waals surface area (Å²) in [6.07, 6.45) is 1.91. The number of carboxylic acids is 1. The molecule has 0 aliphatic carbocycles. The van der Waals surface area contributed by atoms with Gasteiger partial charge in [0.1, 0.15) is 0 Å². The van der Waals surface area contributed by atoms with Gasteiger partial charge >= 0.3 is 0 Å². The number of amides is 1. The molecule has 2 rings (SSSR count). The predicted octanol–water partition coefficient (Wildman–Crippen LogP) is 2.58. The van der Waals surface area contributed by atoms with Crippen LogP contribution in [0.25, 0.3) is 0 Å². The number of rotatable bonds is 10. The Bertz CT molecular complexity index is 930. The third-order valence-electron chi connectivity index (χ3n) is 4.07. The molecule has 30 heavy (non-hydrogen) atoms. The second kappa shape index (κ2) is 10.9. The minimum atomic E-state index is -1.26. The van der Waals surface area contributed by atoms with Crippen molar-refractivity contribution in [3.63, 3.8) is 0 Å². The van der Waals surface area contributed by atoms with Gasteiger partial charge in [-0.2, -0.15) is 5.10 Å². The quantitative estimate of drug-likeness (QED) is 0.336. The van der Waals surface area contributed by atoms with Crippen LogP contribution in [0.3, 0.4) is 0 Å². The highest BCUT2D eigenvalue weighted by Gasteiger charge is 2.18. The number of aromatic carboxylic acids is 1. The number of hydrazone groups is 1. The van der Waals surface area contributed by atoms with Crippen LogP contribution in [0.2, 0.25) is 0 Å². The lowest BCUT2D eigenvalue weighted by molar-refractivity contribution is -0.255. The summed E-state index contributed by atoms with van der Waals surface area (Å²) in [4.78, 5) is 24.9. The maximum absolute atomic E-state index is 12.6. The highest BCUT2D eigenvalue weighted by Crippen LogP contribution is 2.38. The molecule has 1 heterocycles. The molecule has 0 fully saturated rings. The average Bonchev–Trinajstić information content (AvgIpc) is 3.10. The molecule has 0 atom stereocenters. The largest absolute Gasteiger partial charge is 0.545 e. The number of methoxy groups -OCH3 is 3. The number of hydrogen-bond donors (Lipinski definition) is 1. The number of aryl methyl sites for hydroxylation is 1. The zero-order valence-electron chi connectivity index (χ0n) is 17.4. The van der Waals surface area contributed by atoms with Gasteiger partial charge in [0.15, 0.2) is 11.5 Å². The lowest BCUT2D eigenvalue weighted by atomic mass is 10.1. The molecule has 1 aromatic heterocycles. The topological polar surface area (TPSA) is 109 Å². The molecule has 0 bridgehead atoms. The van der Waals surface area contributed by atoms with Crippen LogP contribution in [0.4, 0.5) is 0 Å². The Labute approximate surface area is 183 Å². The van der Waals surface area contributed by atoms with E-state index in [0.29, 0.717) is 34.1 Å². The normalized spacial score (nSPS) is 10.8. The molecule has 0 spiro atoms. The third kappa shape index (κ3) is 5.06. The van der Waals surface area contributed by atoms with Gasteiger partial charge in [0.05, 0.1) is 37.7 Å². The Morgan fingerprint density at radius 3 is 2.27 bits per heavy atom. The van der Waals surface area contributed by atoms with Crippen LogP contribution < -0.4 is 24.7 Å². The number of thiophene rings is 1. The van der Waals surface area contributed by atoms with Crippen molar-refractivity contribution in [3.8, 4) is 17.2 Å². The lowest BCUT2D eigenvalue weighted by Gasteiger charge is -2.13. The maximum Gasteiger partial charge on any atom is 0.271 e. The van der Waals surface area contributed by atoms with Crippen molar-refractivity contribution in [3.05, 3.63) is 33.7 Å². The molecule has 162 valence electrons.